The average molecular weight is 628 g/mol. The second-order valence-electron chi connectivity index (χ2n) is 11.9. The zero-order valence-corrected chi connectivity index (χ0v) is 27.1. The molecule has 0 aliphatic carbocycles. The molecule has 1 heterocycles. The quantitative estimate of drug-likeness (QED) is 0.104. The maximum absolute atomic E-state index is 10.8. The van der Waals surface area contributed by atoms with E-state index in [0.29, 0.717) is 11.3 Å². The minimum atomic E-state index is -2.88. The lowest BCUT2D eigenvalue weighted by atomic mass is 10.0. The lowest BCUT2D eigenvalue weighted by Gasteiger charge is -2.35. The summed E-state index contributed by atoms with van der Waals surface area (Å²) in [5, 5.41) is 17.8. The molecule has 0 aliphatic rings. The van der Waals surface area contributed by atoms with Gasteiger partial charge < -0.3 is 4.57 Å². The fourth-order valence-electron chi connectivity index (χ4n) is 7.34. The second-order valence-corrected chi connectivity index (χ2v) is 15.7. The minimum absolute atomic E-state index is 0.558. The molecule has 48 heavy (non-hydrogen) atoms. The fourth-order valence-corrected chi connectivity index (χ4v) is 12.2. The smallest absolute Gasteiger partial charge is 0.211 e. The van der Waals surface area contributed by atoms with Crippen LogP contribution in [0.4, 0.5) is 5.69 Å². The molecule has 8 aromatic rings. The van der Waals surface area contributed by atoms with E-state index >= 15 is 0 Å². The van der Waals surface area contributed by atoms with Crippen molar-refractivity contribution >= 4 is 56.3 Å². The topological polar surface area (TPSA) is 33.1 Å². The van der Waals surface area contributed by atoms with Crippen LogP contribution in [-0.4, -0.2) is 12.6 Å². The van der Waals surface area contributed by atoms with Crippen molar-refractivity contribution < 1.29 is 0 Å². The van der Waals surface area contributed by atoms with Gasteiger partial charge in [-0.1, -0.05) is 146 Å². The second kappa shape index (κ2) is 12.0. The molecule has 0 atom stereocenters. The van der Waals surface area contributed by atoms with Crippen LogP contribution >= 0.6 is 0 Å². The van der Waals surface area contributed by atoms with Gasteiger partial charge in [-0.2, -0.15) is 5.26 Å². The molecular formula is C44H29N3Si. The zero-order valence-electron chi connectivity index (χ0n) is 26.1. The van der Waals surface area contributed by atoms with Crippen molar-refractivity contribution in [3.05, 3.63) is 193 Å². The standard InChI is InChI=1S/C44H29N3Si/c1-46-40-30-33(25-27-43(40)47-41-23-13-11-21-38(41)39-22-12-14-24-42(39)47)32-26-28-44(34(29-32)31-45)48(35-15-5-2-6-16-35,36-17-7-3-8-18-36)37-19-9-4-10-20-37/h2-30H. The van der Waals surface area contributed by atoms with Gasteiger partial charge in [0.15, 0.2) is 8.07 Å². The number of fused-ring (bicyclic) bond motifs is 3. The molecular weight excluding hydrogens is 599 g/mol. The Morgan fingerprint density at radius 3 is 1.48 bits per heavy atom. The van der Waals surface area contributed by atoms with Crippen molar-refractivity contribution in [1.29, 1.82) is 5.26 Å². The molecule has 8 rings (SSSR count). The minimum Gasteiger partial charge on any atom is -0.319 e. The van der Waals surface area contributed by atoms with Crippen molar-refractivity contribution in [2.24, 2.45) is 0 Å². The number of aromatic nitrogens is 1. The number of para-hydroxylation sites is 2. The third-order valence-electron chi connectivity index (χ3n) is 9.41. The van der Waals surface area contributed by atoms with Crippen LogP contribution in [0.25, 0.3) is 43.5 Å². The largest absolute Gasteiger partial charge is 0.319 e. The number of hydrogen-bond acceptors (Lipinski definition) is 1. The lowest BCUT2D eigenvalue weighted by molar-refractivity contribution is 1.19. The van der Waals surface area contributed by atoms with Crippen molar-refractivity contribution in [1.82, 2.24) is 4.57 Å². The van der Waals surface area contributed by atoms with Gasteiger partial charge in [0.25, 0.3) is 0 Å². The van der Waals surface area contributed by atoms with E-state index in [1.807, 2.05) is 48.5 Å². The summed E-state index contributed by atoms with van der Waals surface area (Å²) in [5.74, 6) is 0. The average Bonchev–Trinajstić information content (AvgIpc) is 3.50. The summed E-state index contributed by atoms with van der Waals surface area (Å²) in [6.07, 6.45) is 0. The van der Waals surface area contributed by atoms with Crippen molar-refractivity contribution in [2.45, 2.75) is 0 Å². The van der Waals surface area contributed by atoms with Crippen molar-refractivity contribution in [2.75, 3.05) is 0 Å². The SMILES string of the molecule is [C-]#[N+]c1cc(-c2ccc([Si](c3ccccc3)(c3ccccc3)c3ccccc3)c(C#N)c2)ccc1-n1c2ccccc2c2ccccc21. The first-order valence-electron chi connectivity index (χ1n) is 16.0. The Balaban J connectivity index is 1.32. The molecule has 4 heteroatoms. The Labute approximate surface area is 281 Å². The number of nitrogens with zero attached hydrogens (tertiary/aromatic N) is 3. The Kier molecular flexibility index (Phi) is 7.27. The van der Waals surface area contributed by atoms with Gasteiger partial charge in [0.2, 0.25) is 5.69 Å². The van der Waals surface area contributed by atoms with Crippen LogP contribution in [0.2, 0.25) is 0 Å². The van der Waals surface area contributed by atoms with Gasteiger partial charge in [0, 0.05) is 10.8 Å². The Morgan fingerprint density at radius 2 is 0.979 bits per heavy atom. The summed E-state index contributed by atoms with van der Waals surface area (Å²) in [7, 11) is -2.88. The number of hydrogen-bond donors (Lipinski definition) is 0. The van der Waals surface area contributed by atoms with Crippen molar-refractivity contribution in [3.8, 4) is 22.9 Å². The highest BCUT2D eigenvalue weighted by Gasteiger charge is 2.43. The molecule has 1 aromatic heterocycles. The normalized spacial score (nSPS) is 11.3. The highest BCUT2D eigenvalue weighted by Crippen LogP contribution is 2.37. The van der Waals surface area contributed by atoms with E-state index < -0.39 is 8.07 Å². The van der Waals surface area contributed by atoms with Crippen LogP contribution in [0.15, 0.2) is 176 Å². The van der Waals surface area contributed by atoms with Crippen LogP contribution in [-0.2, 0) is 0 Å². The zero-order chi connectivity index (χ0) is 32.5. The monoisotopic (exact) mass is 627 g/mol. The highest BCUT2D eigenvalue weighted by atomic mass is 28.3. The molecule has 0 fully saturated rings. The van der Waals surface area contributed by atoms with E-state index in [0.717, 1.165) is 43.8 Å². The van der Waals surface area contributed by atoms with Gasteiger partial charge in [-0.15, -0.1) is 0 Å². The number of benzene rings is 7. The molecule has 0 unspecified atom stereocenters. The third kappa shape index (κ3) is 4.55. The molecule has 0 radical (unpaired) electrons. The summed E-state index contributed by atoms with van der Waals surface area (Å²) in [4.78, 5) is 4.02. The van der Waals surface area contributed by atoms with Crippen molar-refractivity contribution in [3.63, 3.8) is 0 Å². The van der Waals surface area contributed by atoms with Gasteiger partial charge in [0.05, 0.1) is 34.9 Å². The molecule has 0 bridgehead atoms. The Morgan fingerprint density at radius 1 is 0.521 bits per heavy atom. The molecule has 0 aliphatic heterocycles. The van der Waals surface area contributed by atoms with Gasteiger partial charge in [0.1, 0.15) is 0 Å². The van der Waals surface area contributed by atoms with Crippen LogP contribution < -0.4 is 20.7 Å². The predicted molar refractivity (Wildman–Crippen MR) is 201 cm³/mol. The van der Waals surface area contributed by atoms with Crippen LogP contribution in [0.5, 0.6) is 0 Å². The first-order chi connectivity index (χ1) is 23.7. The van der Waals surface area contributed by atoms with E-state index in [2.05, 4.69) is 143 Å². The first kappa shape index (κ1) is 29.0. The molecule has 0 spiro atoms. The first-order valence-corrected chi connectivity index (χ1v) is 18.0. The summed E-state index contributed by atoms with van der Waals surface area (Å²) in [6.45, 7) is 8.21. The molecule has 0 saturated heterocycles. The Bertz CT molecular complexity index is 2370. The number of nitriles is 1. The van der Waals surface area contributed by atoms with E-state index in [-0.39, 0.29) is 0 Å². The van der Waals surface area contributed by atoms with Gasteiger partial charge in [-0.05, 0) is 62.2 Å². The number of rotatable bonds is 6. The maximum atomic E-state index is 10.8. The van der Waals surface area contributed by atoms with Crippen LogP contribution in [0.1, 0.15) is 5.56 Å². The van der Waals surface area contributed by atoms with Crippen LogP contribution in [0.3, 0.4) is 0 Å². The summed E-state index contributed by atoms with van der Waals surface area (Å²) >= 11 is 0. The summed E-state index contributed by atoms with van der Waals surface area (Å²) in [6, 6.07) is 63.5. The van der Waals surface area contributed by atoms with Gasteiger partial charge in [-0.25, -0.2) is 4.85 Å². The third-order valence-corrected chi connectivity index (χ3v) is 14.3. The summed E-state index contributed by atoms with van der Waals surface area (Å²) < 4.78 is 2.19. The molecule has 0 amide bonds. The molecule has 224 valence electrons. The molecule has 0 N–H and O–H groups in total. The van der Waals surface area contributed by atoms with E-state index in [1.165, 1.54) is 15.6 Å². The van der Waals surface area contributed by atoms with Crippen LogP contribution in [0, 0.1) is 17.9 Å². The fraction of sp³-hybridized carbons (Fsp3) is 0. The van der Waals surface area contributed by atoms with E-state index in [9.17, 15) is 5.26 Å². The highest BCUT2D eigenvalue weighted by molar-refractivity contribution is 7.20. The maximum Gasteiger partial charge on any atom is 0.211 e. The Hall–Kier alpha value is -6.46. The molecule has 0 saturated carbocycles. The molecule has 7 aromatic carbocycles. The lowest BCUT2D eigenvalue weighted by Crippen LogP contribution is -2.75. The molecule has 3 nitrogen and oxygen atoms in total. The van der Waals surface area contributed by atoms with Gasteiger partial charge in [-0.3, -0.25) is 0 Å². The van der Waals surface area contributed by atoms with E-state index in [4.69, 9.17) is 6.57 Å². The van der Waals surface area contributed by atoms with E-state index in [1.54, 1.807) is 0 Å². The van der Waals surface area contributed by atoms with Gasteiger partial charge >= 0.3 is 0 Å². The predicted octanol–water partition coefficient (Wildman–Crippen LogP) is 8.25. The summed E-state index contributed by atoms with van der Waals surface area (Å²) in [5.41, 5.74) is 5.99.